The van der Waals surface area contributed by atoms with E-state index in [0.29, 0.717) is 30.4 Å². The first-order valence-electron chi connectivity index (χ1n) is 9.64. The van der Waals surface area contributed by atoms with E-state index in [4.69, 9.17) is 14.2 Å². The molecule has 1 unspecified atom stereocenters. The molecule has 0 fully saturated rings. The van der Waals surface area contributed by atoms with Gasteiger partial charge < -0.3 is 19.5 Å². The number of nitrogens with one attached hydrogen (secondary N) is 1. The molecule has 0 spiro atoms. The second-order valence-electron chi connectivity index (χ2n) is 7.00. The van der Waals surface area contributed by atoms with Gasteiger partial charge in [0.05, 0.1) is 20.3 Å². The lowest BCUT2D eigenvalue weighted by atomic mass is 9.94. The van der Waals surface area contributed by atoms with E-state index in [-0.39, 0.29) is 11.9 Å². The number of ether oxygens (including phenoxy) is 3. The van der Waals surface area contributed by atoms with Gasteiger partial charge in [-0.15, -0.1) is 0 Å². The topological polar surface area (TPSA) is 39.7 Å². The Hall–Kier alpha value is -3.05. The van der Waals surface area contributed by atoms with Gasteiger partial charge in [0.25, 0.3) is 0 Å². The lowest BCUT2D eigenvalue weighted by Gasteiger charge is -2.21. The largest absolute Gasteiger partial charge is 0.493 e. The molecule has 1 N–H and O–H groups in total. The normalized spacial score (nSPS) is 14.9. The summed E-state index contributed by atoms with van der Waals surface area (Å²) in [6.45, 7) is 1.19. The Balaban J connectivity index is 1.57. The Bertz CT molecular complexity index is 1010. The third-order valence-electron chi connectivity index (χ3n) is 5.24. The predicted octanol–water partition coefficient (Wildman–Crippen LogP) is 4.66. The van der Waals surface area contributed by atoms with Gasteiger partial charge >= 0.3 is 0 Å². The summed E-state index contributed by atoms with van der Waals surface area (Å²) in [6.07, 6.45) is 0.796. The number of hydrogen-bond donors (Lipinski definition) is 1. The molecule has 3 aromatic carbocycles. The summed E-state index contributed by atoms with van der Waals surface area (Å²) in [6, 6.07) is 18.6. The zero-order valence-corrected chi connectivity index (χ0v) is 16.6. The Morgan fingerprint density at radius 1 is 0.966 bits per heavy atom. The lowest BCUT2D eigenvalue weighted by Crippen LogP contribution is -2.25. The molecule has 150 valence electrons. The van der Waals surface area contributed by atoms with Crippen LogP contribution in [0.4, 0.5) is 4.39 Å². The molecular formula is C24H24FNO3. The van der Waals surface area contributed by atoms with E-state index in [0.717, 1.165) is 28.7 Å². The van der Waals surface area contributed by atoms with Crippen LogP contribution in [0.5, 0.6) is 17.2 Å². The van der Waals surface area contributed by atoms with Crippen molar-refractivity contribution in [2.24, 2.45) is 0 Å². The van der Waals surface area contributed by atoms with Gasteiger partial charge in [0.15, 0.2) is 11.5 Å². The summed E-state index contributed by atoms with van der Waals surface area (Å²) >= 11 is 0. The summed E-state index contributed by atoms with van der Waals surface area (Å²) in [5.74, 6) is 1.87. The fourth-order valence-corrected chi connectivity index (χ4v) is 3.76. The van der Waals surface area contributed by atoms with E-state index in [1.54, 1.807) is 26.4 Å². The van der Waals surface area contributed by atoms with Gasteiger partial charge in [0.1, 0.15) is 18.2 Å². The molecule has 1 aliphatic rings. The minimum atomic E-state index is -0.265. The monoisotopic (exact) mass is 393 g/mol. The third-order valence-corrected chi connectivity index (χ3v) is 5.24. The SMILES string of the molecule is COc1ccc(CCNC2c3ccccc3COc3ccc(F)cc32)cc1OC. The van der Waals surface area contributed by atoms with E-state index in [1.165, 1.54) is 6.07 Å². The first-order chi connectivity index (χ1) is 14.2. The highest BCUT2D eigenvalue weighted by atomic mass is 19.1. The van der Waals surface area contributed by atoms with Crippen LogP contribution in [0.15, 0.2) is 60.7 Å². The summed E-state index contributed by atoms with van der Waals surface area (Å²) < 4.78 is 30.6. The Kier molecular flexibility index (Phi) is 5.67. The molecule has 0 aromatic heterocycles. The van der Waals surface area contributed by atoms with E-state index in [1.807, 2.05) is 30.3 Å². The van der Waals surface area contributed by atoms with Gasteiger partial charge in [-0.1, -0.05) is 30.3 Å². The summed E-state index contributed by atoms with van der Waals surface area (Å²) in [5.41, 5.74) is 4.17. The van der Waals surface area contributed by atoms with Gasteiger partial charge in [-0.05, 0) is 53.4 Å². The van der Waals surface area contributed by atoms with Crippen LogP contribution >= 0.6 is 0 Å². The highest BCUT2D eigenvalue weighted by Gasteiger charge is 2.24. The molecule has 0 radical (unpaired) electrons. The molecule has 1 heterocycles. The predicted molar refractivity (Wildman–Crippen MR) is 110 cm³/mol. The van der Waals surface area contributed by atoms with Gasteiger partial charge in [0, 0.05) is 12.1 Å². The Morgan fingerprint density at radius 3 is 2.62 bits per heavy atom. The fourth-order valence-electron chi connectivity index (χ4n) is 3.76. The van der Waals surface area contributed by atoms with E-state index < -0.39 is 0 Å². The maximum Gasteiger partial charge on any atom is 0.160 e. The minimum Gasteiger partial charge on any atom is -0.493 e. The minimum absolute atomic E-state index is 0.139. The molecule has 0 saturated carbocycles. The van der Waals surface area contributed by atoms with Crippen molar-refractivity contribution in [3.8, 4) is 17.2 Å². The first kappa shape index (κ1) is 19.3. The Labute approximate surface area is 170 Å². The summed E-state index contributed by atoms with van der Waals surface area (Å²) in [5, 5.41) is 3.60. The van der Waals surface area contributed by atoms with E-state index >= 15 is 0 Å². The van der Waals surface area contributed by atoms with Crippen molar-refractivity contribution in [3.05, 3.63) is 88.7 Å². The maximum atomic E-state index is 14.0. The number of benzene rings is 3. The van der Waals surface area contributed by atoms with Gasteiger partial charge in [-0.3, -0.25) is 0 Å². The van der Waals surface area contributed by atoms with E-state index in [2.05, 4.69) is 17.4 Å². The number of fused-ring (bicyclic) bond motifs is 2. The van der Waals surface area contributed by atoms with Crippen LogP contribution in [0, 0.1) is 5.82 Å². The molecule has 0 amide bonds. The molecule has 0 saturated heterocycles. The fraction of sp³-hybridized carbons (Fsp3) is 0.250. The number of halogens is 1. The van der Waals surface area contributed by atoms with Crippen LogP contribution in [0.25, 0.3) is 0 Å². The standard InChI is InChI=1S/C24H24FNO3/c1-27-22-9-7-16(13-23(22)28-2)11-12-26-24-19-6-4-3-5-17(19)15-29-21-10-8-18(25)14-20(21)24/h3-10,13-14,24,26H,11-12,15H2,1-2H3. The van der Waals surface area contributed by atoms with E-state index in [9.17, 15) is 4.39 Å². The second kappa shape index (κ2) is 8.53. The van der Waals surface area contributed by atoms with Crippen molar-refractivity contribution in [2.45, 2.75) is 19.1 Å². The van der Waals surface area contributed by atoms with Crippen LogP contribution in [0.1, 0.15) is 28.3 Å². The average molecular weight is 393 g/mol. The summed E-state index contributed by atoms with van der Waals surface area (Å²) in [7, 11) is 3.26. The smallest absolute Gasteiger partial charge is 0.160 e. The van der Waals surface area contributed by atoms with Gasteiger partial charge in [-0.2, -0.15) is 0 Å². The van der Waals surface area contributed by atoms with Gasteiger partial charge in [-0.25, -0.2) is 4.39 Å². The lowest BCUT2D eigenvalue weighted by molar-refractivity contribution is 0.306. The van der Waals surface area contributed by atoms with Crippen LogP contribution in [-0.4, -0.2) is 20.8 Å². The van der Waals surface area contributed by atoms with Gasteiger partial charge in [0.2, 0.25) is 0 Å². The number of rotatable bonds is 6. The van der Waals surface area contributed by atoms with Crippen LogP contribution in [-0.2, 0) is 13.0 Å². The molecule has 0 bridgehead atoms. The van der Waals surface area contributed by atoms with Crippen LogP contribution in [0.2, 0.25) is 0 Å². The second-order valence-corrected chi connectivity index (χ2v) is 7.00. The molecule has 29 heavy (non-hydrogen) atoms. The molecule has 0 aliphatic carbocycles. The van der Waals surface area contributed by atoms with Crippen molar-refractivity contribution in [1.29, 1.82) is 0 Å². The molecule has 5 heteroatoms. The quantitative estimate of drug-likeness (QED) is 0.661. The maximum absolute atomic E-state index is 14.0. The van der Waals surface area contributed by atoms with Crippen molar-refractivity contribution in [1.82, 2.24) is 5.32 Å². The van der Waals surface area contributed by atoms with Crippen molar-refractivity contribution in [3.63, 3.8) is 0 Å². The zero-order chi connectivity index (χ0) is 20.2. The highest BCUT2D eigenvalue weighted by molar-refractivity contribution is 5.47. The highest BCUT2D eigenvalue weighted by Crippen LogP contribution is 2.36. The summed E-state index contributed by atoms with van der Waals surface area (Å²) in [4.78, 5) is 0. The molecular weight excluding hydrogens is 369 g/mol. The third kappa shape index (κ3) is 4.05. The molecule has 1 aliphatic heterocycles. The van der Waals surface area contributed by atoms with Crippen molar-refractivity contribution < 1.29 is 18.6 Å². The first-order valence-corrected chi connectivity index (χ1v) is 9.64. The van der Waals surface area contributed by atoms with Crippen LogP contribution < -0.4 is 19.5 Å². The zero-order valence-electron chi connectivity index (χ0n) is 16.6. The van der Waals surface area contributed by atoms with Crippen molar-refractivity contribution >= 4 is 0 Å². The number of methoxy groups -OCH3 is 2. The van der Waals surface area contributed by atoms with Crippen LogP contribution in [0.3, 0.4) is 0 Å². The molecule has 4 rings (SSSR count). The van der Waals surface area contributed by atoms with Crippen molar-refractivity contribution in [2.75, 3.05) is 20.8 Å². The Morgan fingerprint density at radius 2 is 1.79 bits per heavy atom. The molecule has 1 atom stereocenters. The molecule has 4 nitrogen and oxygen atoms in total. The average Bonchev–Trinajstić information content (AvgIpc) is 2.90. The molecule has 3 aromatic rings. The number of hydrogen-bond acceptors (Lipinski definition) is 4.